The van der Waals surface area contributed by atoms with E-state index in [2.05, 4.69) is 30.1 Å². The zero-order valence-electron chi connectivity index (χ0n) is 11.9. The maximum atomic E-state index is 9.52. The summed E-state index contributed by atoms with van der Waals surface area (Å²) >= 11 is 0. The molecule has 2 rings (SSSR count). The third-order valence-corrected chi connectivity index (χ3v) is 4.78. The first kappa shape index (κ1) is 13.8. The molecule has 3 heteroatoms. The number of nitrogens with one attached hydrogen (secondary N) is 1. The van der Waals surface area contributed by atoms with Gasteiger partial charge in [-0.2, -0.15) is 5.26 Å². The molecular formula is C15H27N3. The molecule has 0 spiro atoms. The first-order valence-corrected chi connectivity index (χ1v) is 7.63. The van der Waals surface area contributed by atoms with Gasteiger partial charge in [0.1, 0.15) is 5.54 Å². The lowest BCUT2D eigenvalue weighted by atomic mass is 9.78. The van der Waals surface area contributed by atoms with Crippen molar-refractivity contribution < 1.29 is 0 Å². The Morgan fingerprint density at radius 1 is 1.33 bits per heavy atom. The molecule has 0 bridgehead atoms. The highest BCUT2D eigenvalue weighted by Crippen LogP contribution is 2.33. The van der Waals surface area contributed by atoms with Crippen LogP contribution in [-0.4, -0.2) is 35.6 Å². The molecular weight excluding hydrogens is 222 g/mol. The molecule has 1 saturated heterocycles. The maximum absolute atomic E-state index is 9.52. The molecule has 0 aromatic rings. The maximum Gasteiger partial charge on any atom is 0.108 e. The summed E-state index contributed by atoms with van der Waals surface area (Å²) in [7, 11) is 0. The van der Waals surface area contributed by atoms with Crippen LogP contribution in [0.2, 0.25) is 0 Å². The molecule has 0 aromatic heterocycles. The van der Waals surface area contributed by atoms with E-state index in [-0.39, 0.29) is 5.54 Å². The van der Waals surface area contributed by atoms with E-state index in [9.17, 15) is 5.26 Å². The van der Waals surface area contributed by atoms with Crippen LogP contribution in [0.5, 0.6) is 0 Å². The van der Waals surface area contributed by atoms with Crippen LogP contribution in [0.25, 0.3) is 0 Å². The first-order valence-electron chi connectivity index (χ1n) is 7.63. The Kier molecular flexibility index (Phi) is 4.64. The standard InChI is InChI=1S/C15H27N3/c1-3-17-15(12-16)9-6-8-14(11-15)18-10-5-4-7-13(18)2/h13-14,17H,3-11H2,1-2H3. The van der Waals surface area contributed by atoms with Crippen LogP contribution < -0.4 is 5.32 Å². The molecule has 3 atom stereocenters. The molecule has 1 aliphatic carbocycles. The van der Waals surface area contributed by atoms with Crippen molar-refractivity contribution >= 4 is 0 Å². The van der Waals surface area contributed by atoms with E-state index in [0.717, 1.165) is 19.4 Å². The number of likely N-dealkylation sites (tertiary alicyclic amines) is 1. The van der Waals surface area contributed by atoms with Gasteiger partial charge in [0.15, 0.2) is 0 Å². The highest BCUT2D eigenvalue weighted by Gasteiger charge is 2.39. The van der Waals surface area contributed by atoms with Crippen molar-refractivity contribution in [2.75, 3.05) is 13.1 Å². The molecule has 0 aromatic carbocycles. The van der Waals surface area contributed by atoms with Gasteiger partial charge in [0.2, 0.25) is 0 Å². The molecule has 1 saturated carbocycles. The zero-order valence-corrected chi connectivity index (χ0v) is 11.9. The molecule has 18 heavy (non-hydrogen) atoms. The van der Waals surface area contributed by atoms with Gasteiger partial charge in [0.25, 0.3) is 0 Å². The van der Waals surface area contributed by atoms with Crippen LogP contribution in [-0.2, 0) is 0 Å². The third kappa shape index (κ3) is 2.87. The second-order valence-electron chi connectivity index (χ2n) is 6.06. The molecule has 2 aliphatic rings. The quantitative estimate of drug-likeness (QED) is 0.836. The van der Waals surface area contributed by atoms with E-state index in [4.69, 9.17) is 0 Å². The summed E-state index contributed by atoms with van der Waals surface area (Å²) in [5, 5.41) is 13.0. The number of piperidine rings is 1. The van der Waals surface area contributed by atoms with Gasteiger partial charge in [-0.3, -0.25) is 10.2 Å². The number of rotatable bonds is 3. The van der Waals surface area contributed by atoms with Gasteiger partial charge >= 0.3 is 0 Å². The van der Waals surface area contributed by atoms with Gasteiger partial charge < -0.3 is 0 Å². The highest BCUT2D eigenvalue weighted by atomic mass is 15.2. The predicted octanol–water partition coefficient (Wildman–Crippen LogP) is 2.68. The predicted molar refractivity (Wildman–Crippen MR) is 74.3 cm³/mol. The number of nitriles is 1. The minimum atomic E-state index is -0.255. The van der Waals surface area contributed by atoms with Crippen molar-refractivity contribution in [3.8, 4) is 6.07 Å². The van der Waals surface area contributed by atoms with Gasteiger partial charge in [-0.1, -0.05) is 13.3 Å². The summed E-state index contributed by atoms with van der Waals surface area (Å²) in [5.41, 5.74) is -0.255. The second kappa shape index (κ2) is 6.04. The number of hydrogen-bond acceptors (Lipinski definition) is 3. The van der Waals surface area contributed by atoms with E-state index >= 15 is 0 Å². The summed E-state index contributed by atoms with van der Waals surface area (Å²) in [5.74, 6) is 0. The monoisotopic (exact) mass is 249 g/mol. The van der Waals surface area contributed by atoms with Crippen molar-refractivity contribution in [2.24, 2.45) is 0 Å². The minimum Gasteiger partial charge on any atom is -0.300 e. The van der Waals surface area contributed by atoms with Gasteiger partial charge in [0.05, 0.1) is 6.07 Å². The summed E-state index contributed by atoms with van der Waals surface area (Å²) < 4.78 is 0. The fourth-order valence-electron chi connectivity index (χ4n) is 3.83. The molecule has 3 unspecified atom stereocenters. The van der Waals surface area contributed by atoms with E-state index in [1.54, 1.807) is 0 Å². The lowest BCUT2D eigenvalue weighted by Gasteiger charge is -2.45. The Bertz CT molecular complexity index is 305. The molecule has 3 nitrogen and oxygen atoms in total. The second-order valence-corrected chi connectivity index (χ2v) is 6.06. The number of nitrogens with zero attached hydrogens (tertiary/aromatic N) is 2. The summed E-state index contributed by atoms with van der Waals surface area (Å²) in [6, 6.07) is 3.89. The average Bonchev–Trinajstić information content (AvgIpc) is 2.40. The lowest BCUT2D eigenvalue weighted by molar-refractivity contribution is 0.0620. The van der Waals surface area contributed by atoms with Crippen LogP contribution >= 0.6 is 0 Å². The SMILES string of the molecule is CCNC1(C#N)CCCC(N2CCCCC2C)C1. The smallest absolute Gasteiger partial charge is 0.108 e. The average molecular weight is 249 g/mol. The van der Waals surface area contributed by atoms with Crippen LogP contribution in [0.3, 0.4) is 0 Å². The number of hydrogen-bond donors (Lipinski definition) is 1. The Balaban J connectivity index is 2.03. The van der Waals surface area contributed by atoms with Crippen LogP contribution in [0, 0.1) is 11.3 Å². The van der Waals surface area contributed by atoms with Crippen LogP contribution in [0.15, 0.2) is 0 Å². The summed E-state index contributed by atoms with van der Waals surface area (Å²) in [6.07, 6.45) is 8.55. The first-order chi connectivity index (χ1) is 8.71. The van der Waals surface area contributed by atoms with E-state index in [1.807, 2.05) is 0 Å². The molecule has 1 N–H and O–H groups in total. The Morgan fingerprint density at radius 2 is 2.17 bits per heavy atom. The Hall–Kier alpha value is -0.590. The van der Waals surface area contributed by atoms with Crippen LogP contribution in [0.4, 0.5) is 0 Å². The summed E-state index contributed by atoms with van der Waals surface area (Å²) in [4.78, 5) is 2.67. The summed E-state index contributed by atoms with van der Waals surface area (Å²) in [6.45, 7) is 6.59. The fraction of sp³-hybridized carbons (Fsp3) is 0.933. The van der Waals surface area contributed by atoms with Gasteiger partial charge in [0, 0.05) is 12.1 Å². The Labute approximate surface area is 112 Å². The highest BCUT2D eigenvalue weighted by molar-refractivity contribution is 5.11. The van der Waals surface area contributed by atoms with Gasteiger partial charge in [-0.15, -0.1) is 0 Å². The largest absolute Gasteiger partial charge is 0.300 e. The topological polar surface area (TPSA) is 39.1 Å². The molecule has 1 aliphatic heterocycles. The van der Waals surface area contributed by atoms with Crippen molar-refractivity contribution in [3.63, 3.8) is 0 Å². The van der Waals surface area contributed by atoms with Crippen molar-refractivity contribution in [2.45, 2.75) is 76.4 Å². The zero-order chi connectivity index (χ0) is 13.0. The molecule has 2 fully saturated rings. The minimum absolute atomic E-state index is 0.255. The molecule has 102 valence electrons. The molecule has 1 heterocycles. The fourth-order valence-corrected chi connectivity index (χ4v) is 3.83. The molecule has 0 radical (unpaired) electrons. The van der Waals surface area contributed by atoms with Crippen molar-refractivity contribution in [1.82, 2.24) is 10.2 Å². The van der Waals surface area contributed by atoms with Crippen molar-refractivity contribution in [1.29, 1.82) is 5.26 Å². The van der Waals surface area contributed by atoms with E-state index in [1.165, 1.54) is 38.6 Å². The lowest BCUT2D eigenvalue weighted by Crippen LogP contribution is -2.55. The van der Waals surface area contributed by atoms with E-state index < -0.39 is 0 Å². The molecule has 0 amide bonds. The van der Waals surface area contributed by atoms with Crippen molar-refractivity contribution in [3.05, 3.63) is 0 Å². The van der Waals surface area contributed by atoms with Gasteiger partial charge in [-0.05, 0) is 58.5 Å². The third-order valence-electron chi connectivity index (χ3n) is 4.78. The normalized spacial score (nSPS) is 38.3. The van der Waals surface area contributed by atoms with E-state index in [0.29, 0.717) is 12.1 Å². The Morgan fingerprint density at radius 3 is 2.83 bits per heavy atom. The van der Waals surface area contributed by atoms with Gasteiger partial charge in [-0.25, -0.2) is 0 Å². The van der Waals surface area contributed by atoms with Crippen LogP contribution in [0.1, 0.15) is 58.8 Å².